The summed E-state index contributed by atoms with van der Waals surface area (Å²) in [6, 6.07) is 13.7. The first-order chi connectivity index (χ1) is 15.8. The summed E-state index contributed by atoms with van der Waals surface area (Å²) < 4.78 is 10.7. The van der Waals surface area contributed by atoms with Crippen molar-refractivity contribution in [2.75, 3.05) is 39.9 Å². The molecule has 1 aromatic carbocycles. The third-order valence-corrected chi connectivity index (χ3v) is 6.65. The van der Waals surface area contributed by atoms with Crippen molar-refractivity contribution in [2.24, 2.45) is 4.99 Å². The number of piperidine rings is 1. The van der Waals surface area contributed by atoms with E-state index >= 15 is 0 Å². The summed E-state index contributed by atoms with van der Waals surface area (Å²) in [6.45, 7) is 4.97. The fourth-order valence-corrected chi connectivity index (χ4v) is 4.81. The second kappa shape index (κ2) is 14.0. The number of fused-ring (bicyclic) bond motifs is 1. The van der Waals surface area contributed by atoms with Gasteiger partial charge in [-0.2, -0.15) is 0 Å². The average molecular weight is 567 g/mol. The molecule has 33 heavy (non-hydrogen) atoms. The topological polar surface area (TPSA) is 62.0 Å². The van der Waals surface area contributed by atoms with Crippen LogP contribution in [-0.2, 0) is 24.0 Å². The minimum absolute atomic E-state index is 0. The van der Waals surface area contributed by atoms with Gasteiger partial charge in [-0.3, -0.25) is 4.99 Å². The molecule has 1 fully saturated rings. The van der Waals surface area contributed by atoms with Crippen LogP contribution in [0.1, 0.15) is 42.6 Å². The molecule has 1 aromatic heterocycles. The number of aryl methyl sites for hydroxylation is 1. The van der Waals surface area contributed by atoms with E-state index < -0.39 is 0 Å². The highest BCUT2D eigenvalue weighted by Gasteiger charge is 2.23. The van der Waals surface area contributed by atoms with Crippen LogP contribution in [0.2, 0.25) is 0 Å². The molecule has 182 valence electrons. The number of ether oxygens (including phenoxy) is 1. The Bertz CT molecular complexity index is 835. The number of benzene rings is 1. The zero-order valence-electron chi connectivity index (χ0n) is 19.8. The molecular formula is C26H39IN4O2. The highest BCUT2D eigenvalue weighted by atomic mass is 127. The number of aliphatic imine (C=N–C) groups is 1. The lowest BCUT2D eigenvalue weighted by Crippen LogP contribution is -2.52. The van der Waals surface area contributed by atoms with Gasteiger partial charge < -0.3 is 24.7 Å². The number of nitrogens with zero attached hydrogens (tertiary/aromatic N) is 2. The number of nitrogens with one attached hydrogen (secondary N) is 2. The van der Waals surface area contributed by atoms with Crippen LogP contribution in [0.3, 0.4) is 0 Å². The molecule has 0 saturated carbocycles. The molecule has 1 aliphatic heterocycles. The summed E-state index contributed by atoms with van der Waals surface area (Å²) in [5, 5.41) is 7.51. The molecule has 0 bridgehead atoms. The molecule has 1 unspecified atom stereocenters. The van der Waals surface area contributed by atoms with Gasteiger partial charge in [0.1, 0.15) is 5.76 Å². The monoisotopic (exact) mass is 566 g/mol. The van der Waals surface area contributed by atoms with Gasteiger partial charge in [0.2, 0.25) is 0 Å². The van der Waals surface area contributed by atoms with Crippen LogP contribution in [0, 0.1) is 0 Å². The third kappa shape index (κ3) is 8.30. The Labute approximate surface area is 215 Å². The number of hydrogen-bond donors (Lipinski definition) is 2. The van der Waals surface area contributed by atoms with Gasteiger partial charge >= 0.3 is 0 Å². The van der Waals surface area contributed by atoms with Crippen molar-refractivity contribution in [1.82, 2.24) is 15.5 Å². The predicted molar refractivity (Wildman–Crippen MR) is 145 cm³/mol. The van der Waals surface area contributed by atoms with E-state index in [1.807, 2.05) is 12.1 Å². The number of hydrogen-bond acceptors (Lipinski definition) is 4. The first-order valence-corrected chi connectivity index (χ1v) is 12.2. The summed E-state index contributed by atoms with van der Waals surface area (Å²) >= 11 is 0. The summed E-state index contributed by atoms with van der Waals surface area (Å²) in [7, 11) is 1.78. The van der Waals surface area contributed by atoms with Crippen molar-refractivity contribution in [3.8, 4) is 0 Å². The van der Waals surface area contributed by atoms with Crippen molar-refractivity contribution >= 4 is 29.9 Å². The predicted octanol–water partition coefficient (Wildman–Crippen LogP) is 4.03. The Hall–Kier alpha value is -1.58. The Morgan fingerprint density at radius 2 is 1.85 bits per heavy atom. The SMILES string of the molecule is COCCCN1CCC(NC(=NCCc2ccco2)NC2CCc3ccccc3C2)CC1.I. The quantitative estimate of drug-likeness (QED) is 0.208. The van der Waals surface area contributed by atoms with E-state index in [0.717, 1.165) is 89.5 Å². The maximum absolute atomic E-state index is 5.48. The van der Waals surface area contributed by atoms with Crippen molar-refractivity contribution in [2.45, 2.75) is 57.0 Å². The molecule has 2 aliphatic rings. The van der Waals surface area contributed by atoms with E-state index in [9.17, 15) is 0 Å². The standard InChI is InChI=1S/C26H38N4O2.HI/c1-31-18-5-15-30-16-12-23(13-17-30)28-26(27-14-11-25-8-4-19-32-25)29-24-10-9-21-6-2-3-7-22(21)20-24;/h2-4,6-8,19,23-24H,5,9-18,20H2,1H3,(H2,27,28,29);1H. The van der Waals surface area contributed by atoms with Crippen LogP contribution < -0.4 is 10.6 Å². The lowest BCUT2D eigenvalue weighted by Gasteiger charge is -2.34. The second-order valence-electron chi connectivity index (χ2n) is 9.02. The Morgan fingerprint density at radius 1 is 1.06 bits per heavy atom. The van der Waals surface area contributed by atoms with Crippen LogP contribution >= 0.6 is 24.0 Å². The van der Waals surface area contributed by atoms with E-state index in [0.29, 0.717) is 12.1 Å². The first kappa shape index (κ1) is 26.0. The fourth-order valence-electron chi connectivity index (χ4n) is 4.81. The maximum Gasteiger partial charge on any atom is 0.191 e. The van der Waals surface area contributed by atoms with Crippen molar-refractivity contribution in [3.05, 3.63) is 59.5 Å². The molecule has 4 rings (SSSR count). The minimum Gasteiger partial charge on any atom is -0.469 e. The van der Waals surface area contributed by atoms with Gasteiger partial charge in [0.05, 0.1) is 6.26 Å². The molecule has 1 atom stereocenters. The zero-order chi connectivity index (χ0) is 22.0. The van der Waals surface area contributed by atoms with E-state index in [-0.39, 0.29) is 24.0 Å². The number of methoxy groups -OCH3 is 1. The van der Waals surface area contributed by atoms with E-state index in [1.165, 1.54) is 11.1 Å². The van der Waals surface area contributed by atoms with E-state index in [1.54, 1.807) is 13.4 Å². The van der Waals surface area contributed by atoms with Gasteiger partial charge in [-0.1, -0.05) is 24.3 Å². The van der Waals surface area contributed by atoms with Gasteiger partial charge in [-0.25, -0.2) is 0 Å². The summed E-state index contributed by atoms with van der Waals surface area (Å²) in [4.78, 5) is 7.48. The third-order valence-electron chi connectivity index (χ3n) is 6.65. The molecule has 6 nitrogen and oxygen atoms in total. The Balaban J connectivity index is 0.00000306. The molecule has 2 N–H and O–H groups in total. The summed E-state index contributed by atoms with van der Waals surface area (Å²) in [6.07, 6.45) is 9.31. The molecule has 7 heteroatoms. The van der Waals surface area contributed by atoms with Gasteiger partial charge in [-0.15, -0.1) is 24.0 Å². The summed E-state index contributed by atoms with van der Waals surface area (Å²) in [5.41, 5.74) is 2.96. The lowest BCUT2D eigenvalue weighted by molar-refractivity contribution is 0.155. The molecular weight excluding hydrogens is 527 g/mol. The van der Waals surface area contributed by atoms with Gasteiger partial charge in [-0.05, 0) is 61.8 Å². The molecule has 1 saturated heterocycles. The normalized spacial score (nSPS) is 19.5. The molecule has 0 spiro atoms. The lowest BCUT2D eigenvalue weighted by atomic mass is 9.88. The van der Waals surface area contributed by atoms with Gasteiger partial charge in [0.15, 0.2) is 5.96 Å². The molecule has 2 heterocycles. The van der Waals surface area contributed by atoms with E-state index in [2.05, 4.69) is 39.8 Å². The van der Waals surface area contributed by atoms with Crippen LogP contribution in [0.25, 0.3) is 0 Å². The Morgan fingerprint density at radius 3 is 2.61 bits per heavy atom. The number of likely N-dealkylation sites (tertiary alicyclic amines) is 1. The number of furan rings is 1. The highest BCUT2D eigenvalue weighted by molar-refractivity contribution is 14.0. The van der Waals surface area contributed by atoms with E-state index in [4.69, 9.17) is 14.1 Å². The van der Waals surface area contributed by atoms with Gasteiger partial charge in [0, 0.05) is 58.4 Å². The number of rotatable bonds is 9. The van der Waals surface area contributed by atoms with Crippen molar-refractivity contribution in [3.63, 3.8) is 0 Å². The fraction of sp³-hybridized carbons (Fsp3) is 0.577. The highest BCUT2D eigenvalue weighted by Crippen LogP contribution is 2.21. The van der Waals surface area contributed by atoms with Crippen LogP contribution in [-0.4, -0.2) is 62.8 Å². The molecule has 2 aromatic rings. The smallest absolute Gasteiger partial charge is 0.191 e. The van der Waals surface area contributed by atoms with Gasteiger partial charge in [0.25, 0.3) is 0 Å². The number of halogens is 1. The minimum atomic E-state index is 0. The largest absolute Gasteiger partial charge is 0.469 e. The zero-order valence-corrected chi connectivity index (χ0v) is 22.1. The average Bonchev–Trinajstić information content (AvgIpc) is 3.34. The maximum atomic E-state index is 5.48. The molecule has 0 amide bonds. The van der Waals surface area contributed by atoms with Crippen molar-refractivity contribution < 1.29 is 9.15 Å². The van der Waals surface area contributed by atoms with Crippen LogP contribution in [0.15, 0.2) is 52.1 Å². The molecule has 0 radical (unpaired) electrons. The van der Waals surface area contributed by atoms with Crippen molar-refractivity contribution in [1.29, 1.82) is 0 Å². The van der Waals surface area contributed by atoms with Crippen LogP contribution in [0.5, 0.6) is 0 Å². The Kier molecular flexibility index (Phi) is 11.0. The number of guanidine groups is 1. The van der Waals surface area contributed by atoms with Crippen LogP contribution in [0.4, 0.5) is 0 Å². The summed E-state index contributed by atoms with van der Waals surface area (Å²) in [5.74, 6) is 1.95. The molecule has 1 aliphatic carbocycles. The second-order valence-corrected chi connectivity index (χ2v) is 9.02. The first-order valence-electron chi connectivity index (χ1n) is 12.2.